The number of hydrogen-bond donors (Lipinski definition) is 1. The molecular formula is C16H25N3O. The molecule has 1 atom stereocenters. The number of amides is 1. The predicted octanol–water partition coefficient (Wildman–Crippen LogP) is 1.33. The Balaban J connectivity index is 1.91. The van der Waals surface area contributed by atoms with Crippen LogP contribution in [0.3, 0.4) is 0 Å². The molecule has 1 aromatic carbocycles. The third-order valence-corrected chi connectivity index (χ3v) is 3.93. The summed E-state index contributed by atoms with van der Waals surface area (Å²) in [6.07, 6.45) is 0. The van der Waals surface area contributed by atoms with Gasteiger partial charge in [-0.1, -0.05) is 30.3 Å². The first-order valence-electron chi connectivity index (χ1n) is 7.47. The molecule has 2 rings (SSSR count). The standard InChI is InChI=1S/C16H25N3O/c1-3-18(12-15-7-5-4-6-8-15)16(20)13-19-10-9-17-11-14(19)2/h4-8,14,17H,3,9-13H2,1-2H3. The zero-order valence-corrected chi connectivity index (χ0v) is 12.5. The molecule has 1 aliphatic rings. The Morgan fingerprint density at radius 3 is 2.80 bits per heavy atom. The Hall–Kier alpha value is -1.39. The summed E-state index contributed by atoms with van der Waals surface area (Å²) in [4.78, 5) is 16.7. The lowest BCUT2D eigenvalue weighted by Crippen LogP contribution is -2.53. The normalized spacial score (nSPS) is 19.8. The van der Waals surface area contributed by atoms with Crippen LogP contribution in [0.25, 0.3) is 0 Å². The van der Waals surface area contributed by atoms with E-state index in [9.17, 15) is 4.79 Å². The summed E-state index contributed by atoms with van der Waals surface area (Å²) in [6.45, 7) is 9.11. The van der Waals surface area contributed by atoms with Crippen LogP contribution in [-0.4, -0.2) is 54.5 Å². The second-order valence-electron chi connectivity index (χ2n) is 5.42. The maximum atomic E-state index is 12.5. The minimum Gasteiger partial charge on any atom is -0.338 e. The van der Waals surface area contributed by atoms with Gasteiger partial charge in [0.05, 0.1) is 6.54 Å². The van der Waals surface area contributed by atoms with Gasteiger partial charge in [-0.05, 0) is 19.4 Å². The van der Waals surface area contributed by atoms with Gasteiger partial charge in [0.15, 0.2) is 0 Å². The van der Waals surface area contributed by atoms with Crippen molar-refractivity contribution in [2.45, 2.75) is 26.4 Å². The van der Waals surface area contributed by atoms with E-state index in [2.05, 4.69) is 29.3 Å². The molecule has 1 unspecified atom stereocenters. The van der Waals surface area contributed by atoms with Crippen LogP contribution in [0, 0.1) is 0 Å². The first-order valence-corrected chi connectivity index (χ1v) is 7.47. The van der Waals surface area contributed by atoms with Crippen LogP contribution in [-0.2, 0) is 11.3 Å². The van der Waals surface area contributed by atoms with Crippen LogP contribution in [0.1, 0.15) is 19.4 Å². The topological polar surface area (TPSA) is 35.6 Å². The summed E-state index contributed by atoms with van der Waals surface area (Å²) < 4.78 is 0. The van der Waals surface area contributed by atoms with Crippen molar-refractivity contribution in [2.75, 3.05) is 32.7 Å². The lowest BCUT2D eigenvalue weighted by molar-refractivity contribution is -0.133. The number of carbonyl (C=O) groups is 1. The highest BCUT2D eigenvalue weighted by molar-refractivity contribution is 5.78. The molecule has 110 valence electrons. The Morgan fingerprint density at radius 1 is 1.40 bits per heavy atom. The van der Waals surface area contributed by atoms with Gasteiger partial charge in [0, 0.05) is 38.8 Å². The largest absolute Gasteiger partial charge is 0.338 e. The van der Waals surface area contributed by atoms with Crippen LogP contribution >= 0.6 is 0 Å². The van der Waals surface area contributed by atoms with Crippen LogP contribution in [0.2, 0.25) is 0 Å². The van der Waals surface area contributed by atoms with E-state index in [0.29, 0.717) is 19.1 Å². The van der Waals surface area contributed by atoms with Gasteiger partial charge in [-0.15, -0.1) is 0 Å². The summed E-state index contributed by atoms with van der Waals surface area (Å²) in [7, 11) is 0. The smallest absolute Gasteiger partial charge is 0.237 e. The van der Waals surface area contributed by atoms with E-state index in [4.69, 9.17) is 0 Å². The van der Waals surface area contributed by atoms with Gasteiger partial charge in [-0.25, -0.2) is 0 Å². The maximum absolute atomic E-state index is 12.5. The SMILES string of the molecule is CCN(Cc1ccccc1)C(=O)CN1CCNCC1C. The van der Waals surface area contributed by atoms with Crippen molar-refractivity contribution in [3.05, 3.63) is 35.9 Å². The van der Waals surface area contributed by atoms with E-state index in [1.165, 1.54) is 5.56 Å². The lowest BCUT2D eigenvalue weighted by Gasteiger charge is -2.34. The van der Waals surface area contributed by atoms with Crippen LogP contribution in [0.4, 0.5) is 0 Å². The summed E-state index contributed by atoms with van der Waals surface area (Å²) in [5.74, 6) is 0.227. The first-order chi connectivity index (χ1) is 9.70. The van der Waals surface area contributed by atoms with E-state index in [1.807, 2.05) is 30.0 Å². The molecular weight excluding hydrogens is 250 g/mol. The molecule has 0 spiro atoms. The van der Waals surface area contributed by atoms with Crippen molar-refractivity contribution in [1.82, 2.24) is 15.1 Å². The monoisotopic (exact) mass is 275 g/mol. The van der Waals surface area contributed by atoms with Gasteiger partial charge in [-0.3, -0.25) is 9.69 Å². The summed E-state index contributed by atoms with van der Waals surface area (Å²) in [5, 5.41) is 3.35. The molecule has 4 nitrogen and oxygen atoms in total. The van der Waals surface area contributed by atoms with Gasteiger partial charge in [0.25, 0.3) is 0 Å². The lowest BCUT2D eigenvalue weighted by atomic mass is 10.2. The fourth-order valence-corrected chi connectivity index (χ4v) is 2.57. The number of rotatable bonds is 5. The highest BCUT2D eigenvalue weighted by Crippen LogP contribution is 2.07. The van der Waals surface area contributed by atoms with Crippen molar-refractivity contribution in [1.29, 1.82) is 0 Å². The second kappa shape index (κ2) is 7.41. The van der Waals surface area contributed by atoms with Crippen molar-refractivity contribution >= 4 is 5.91 Å². The molecule has 1 aliphatic heterocycles. The zero-order valence-electron chi connectivity index (χ0n) is 12.5. The quantitative estimate of drug-likeness (QED) is 0.880. The number of hydrogen-bond acceptors (Lipinski definition) is 3. The fraction of sp³-hybridized carbons (Fsp3) is 0.562. The van der Waals surface area contributed by atoms with Crippen LogP contribution < -0.4 is 5.32 Å². The molecule has 1 amide bonds. The molecule has 0 aromatic heterocycles. The van der Waals surface area contributed by atoms with Crippen molar-refractivity contribution in [2.24, 2.45) is 0 Å². The Morgan fingerprint density at radius 2 is 2.15 bits per heavy atom. The number of likely N-dealkylation sites (N-methyl/N-ethyl adjacent to an activating group) is 1. The van der Waals surface area contributed by atoms with Crippen LogP contribution in [0.15, 0.2) is 30.3 Å². The first kappa shape index (κ1) is 15.0. The van der Waals surface area contributed by atoms with Gasteiger partial charge in [-0.2, -0.15) is 0 Å². The van der Waals surface area contributed by atoms with E-state index in [0.717, 1.165) is 26.2 Å². The highest BCUT2D eigenvalue weighted by atomic mass is 16.2. The number of nitrogens with zero attached hydrogens (tertiary/aromatic N) is 2. The summed E-state index contributed by atoms with van der Waals surface area (Å²) >= 11 is 0. The number of benzene rings is 1. The fourth-order valence-electron chi connectivity index (χ4n) is 2.57. The van der Waals surface area contributed by atoms with Crippen LogP contribution in [0.5, 0.6) is 0 Å². The highest BCUT2D eigenvalue weighted by Gasteiger charge is 2.22. The zero-order chi connectivity index (χ0) is 14.4. The molecule has 0 radical (unpaired) electrons. The van der Waals surface area contributed by atoms with E-state index >= 15 is 0 Å². The van der Waals surface area contributed by atoms with Gasteiger partial charge in [0.1, 0.15) is 0 Å². The molecule has 4 heteroatoms. The maximum Gasteiger partial charge on any atom is 0.237 e. The molecule has 1 N–H and O–H groups in total. The Bertz CT molecular complexity index is 421. The average molecular weight is 275 g/mol. The molecule has 20 heavy (non-hydrogen) atoms. The van der Waals surface area contributed by atoms with E-state index < -0.39 is 0 Å². The summed E-state index contributed by atoms with van der Waals surface area (Å²) in [6, 6.07) is 10.6. The van der Waals surface area contributed by atoms with Crippen molar-refractivity contribution in [3.63, 3.8) is 0 Å². The minimum atomic E-state index is 0.227. The van der Waals surface area contributed by atoms with Gasteiger partial charge in [0.2, 0.25) is 5.91 Å². The third-order valence-electron chi connectivity index (χ3n) is 3.93. The molecule has 0 bridgehead atoms. The molecule has 1 fully saturated rings. The molecule has 0 saturated carbocycles. The van der Waals surface area contributed by atoms with Crippen molar-refractivity contribution in [3.8, 4) is 0 Å². The van der Waals surface area contributed by atoms with E-state index in [-0.39, 0.29) is 5.91 Å². The minimum absolute atomic E-state index is 0.227. The number of nitrogens with one attached hydrogen (secondary N) is 1. The van der Waals surface area contributed by atoms with Crippen molar-refractivity contribution < 1.29 is 4.79 Å². The molecule has 1 saturated heterocycles. The molecule has 1 aromatic rings. The molecule has 1 heterocycles. The van der Waals surface area contributed by atoms with E-state index in [1.54, 1.807) is 0 Å². The number of piperazine rings is 1. The third kappa shape index (κ3) is 4.05. The number of carbonyl (C=O) groups excluding carboxylic acids is 1. The predicted molar refractivity (Wildman–Crippen MR) is 81.4 cm³/mol. The second-order valence-corrected chi connectivity index (χ2v) is 5.42. The van der Waals surface area contributed by atoms with Gasteiger partial charge < -0.3 is 10.2 Å². The summed E-state index contributed by atoms with van der Waals surface area (Å²) in [5.41, 5.74) is 1.19. The van der Waals surface area contributed by atoms with Gasteiger partial charge >= 0.3 is 0 Å². The molecule has 0 aliphatic carbocycles. The average Bonchev–Trinajstić information content (AvgIpc) is 2.48. The Kier molecular flexibility index (Phi) is 5.56. The Labute approximate surface area is 121 Å².